The summed E-state index contributed by atoms with van der Waals surface area (Å²) in [6.07, 6.45) is 2.27. The van der Waals surface area contributed by atoms with Crippen LogP contribution in [0.2, 0.25) is 0 Å². The third-order valence-corrected chi connectivity index (χ3v) is 5.90. The Labute approximate surface area is 127 Å². The average molecular weight is 277 g/mol. The molecule has 0 aliphatic carbocycles. The number of rotatable bonds is 3. The molecular weight excluding hydrogens is 254 g/mol. The lowest BCUT2D eigenvalue weighted by Crippen LogP contribution is -2.45. The van der Waals surface area contributed by atoms with Gasteiger partial charge in [-0.25, -0.2) is 0 Å². The lowest BCUT2D eigenvalue weighted by Gasteiger charge is -2.39. The molecule has 2 aliphatic heterocycles. The summed E-state index contributed by atoms with van der Waals surface area (Å²) in [7, 11) is 0. The second-order valence-corrected chi connectivity index (χ2v) is 6.26. The molecule has 2 aromatic carbocycles. The minimum Gasteiger partial charge on any atom is -0.276 e. The normalized spacial score (nSPS) is 29.5. The molecule has 0 atom stereocenters. The predicted octanol–water partition coefficient (Wildman–Crippen LogP) is 4.64. The minimum atomic E-state index is 0.0813. The SMILES string of the molecule is CCN1C2(CC)c3ccccc3C1(CC)c1ccccc12. The third kappa shape index (κ3) is 1.19. The molecule has 0 spiro atoms. The standard InChI is InChI=1S/C20H23N/c1-4-19-15-11-7-9-13-17(15)20(5-2,21(19)6-3)18-14-10-8-12-16(18)19/h7-14H,4-6H2,1-3H3. The van der Waals surface area contributed by atoms with E-state index in [-0.39, 0.29) is 11.1 Å². The minimum absolute atomic E-state index is 0.0813. The van der Waals surface area contributed by atoms with E-state index in [1.165, 1.54) is 22.3 Å². The molecule has 21 heavy (non-hydrogen) atoms. The number of benzene rings is 2. The van der Waals surface area contributed by atoms with Gasteiger partial charge in [-0.3, -0.25) is 4.90 Å². The average Bonchev–Trinajstić information content (AvgIpc) is 2.97. The summed E-state index contributed by atoms with van der Waals surface area (Å²) < 4.78 is 0. The molecular formula is C20H23N. The molecule has 0 fully saturated rings. The first-order valence-electron chi connectivity index (χ1n) is 8.25. The molecule has 0 saturated heterocycles. The number of nitrogens with zero attached hydrogens (tertiary/aromatic N) is 1. The molecule has 1 nitrogen and oxygen atoms in total. The quantitative estimate of drug-likeness (QED) is 0.790. The topological polar surface area (TPSA) is 3.24 Å². The summed E-state index contributed by atoms with van der Waals surface area (Å²) >= 11 is 0. The second-order valence-electron chi connectivity index (χ2n) is 6.26. The summed E-state index contributed by atoms with van der Waals surface area (Å²) in [5.74, 6) is 0. The summed E-state index contributed by atoms with van der Waals surface area (Å²) in [4.78, 5) is 2.76. The van der Waals surface area contributed by atoms with E-state index in [1.807, 2.05) is 0 Å². The Bertz CT molecular complexity index is 595. The van der Waals surface area contributed by atoms with E-state index in [0.717, 1.165) is 19.4 Å². The van der Waals surface area contributed by atoms with Gasteiger partial charge < -0.3 is 0 Å². The van der Waals surface area contributed by atoms with Crippen LogP contribution in [0.15, 0.2) is 48.5 Å². The molecule has 0 N–H and O–H groups in total. The Morgan fingerprint density at radius 2 is 1.00 bits per heavy atom. The molecule has 2 heterocycles. The monoisotopic (exact) mass is 277 g/mol. The molecule has 4 rings (SSSR count). The van der Waals surface area contributed by atoms with Crippen LogP contribution < -0.4 is 0 Å². The van der Waals surface area contributed by atoms with Gasteiger partial charge in [0.2, 0.25) is 0 Å². The molecule has 0 amide bonds. The third-order valence-electron chi connectivity index (χ3n) is 5.90. The van der Waals surface area contributed by atoms with Crippen molar-refractivity contribution in [2.75, 3.05) is 6.54 Å². The largest absolute Gasteiger partial charge is 0.276 e. The molecule has 108 valence electrons. The highest BCUT2D eigenvalue weighted by atomic mass is 15.3. The van der Waals surface area contributed by atoms with Gasteiger partial charge in [0.25, 0.3) is 0 Å². The molecule has 0 radical (unpaired) electrons. The number of fused-ring (bicyclic) bond motifs is 8. The zero-order valence-corrected chi connectivity index (χ0v) is 13.2. The van der Waals surface area contributed by atoms with E-state index in [0.29, 0.717) is 0 Å². The maximum atomic E-state index is 2.76. The van der Waals surface area contributed by atoms with Gasteiger partial charge in [-0.15, -0.1) is 0 Å². The van der Waals surface area contributed by atoms with Crippen molar-refractivity contribution in [1.82, 2.24) is 4.90 Å². The van der Waals surface area contributed by atoms with E-state index in [1.54, 1.807) is 0 Å². The summed E-state index contributed by atoms with van der Waals surface area (Å²) in [6.45, 7) is 8.08. The van der Waals surface area contributed by atoms with Gasteiger partial charge in [-0.2, -0.15) is 0 Å². The Morgan fingerprint density at radius 3 is 1.24 bits per heavy atom. The molecule has 1 heteroatoms. The van der Waals surface area contributed by atoms with Crippen LogP contribution in [0.5, 0.6) is 0 Å². The van der Waals surface area contributed by atoms with Crippen LogP contribution in [0.25, 0.3) is 0 Å². The fourth-order valence-electron chi connectivity index (χ4n) is 5.29. The van der Waals surface area contributed by atoms with Crippen molar-refractivity contribution in [2.24, 2.45) is 0 Å². The second kappa shape index (κ2) is 4.20. The van der Waals surface area contributed by atoms with Gasteiger partial charge in [0.15, 0.2) is 0 Å². The maximum Gasteiger partial charge on any atom is 0.0729 e. The van der Waals surface area contributed by atoms with Gasteiger partial charge in [0.1, 0.15) is 0 Å². The highest BCUT2D eigenvalue weighted by molar-refractivity contribution is 5.65. The summed E-state index contributed by atoms with van der Waals surface area (Å²) in [5.41, 5.74) is 6.31. The van der Waals surface area contributed by atoms with Gasteiger partial charge in [-0.05, 0) is 41.6 Å². The van der Waals surface area contributed by atoms with Crippen LogP contribution in [0.3, 0.4) is 0 Å². The summed E-state index contributed by atoms with van der Waals surface area (Å²) in [6, 6.07) is 18.2. The van der Waals surface area contributed by atoms with Crippen molar-refractivity contribution in [3.63, 3.8) is 0 Å². The Kier molecular flexibility index (Phi) is 2.62. The van der Waals surface area contributed by atoms with Gasteiger partial charge in [0, 0.05) is 0 Å². The highest BCUT2D eigenvalue weighted by Crippen LogP contribution is 2.65. The van der Waals surface area contributed by atoms with Gasteiger partial charge in [0.05, 0.1) is 11.1 Å². The van der Waals surface area contributed by atoms with Gasteiger partial charge >= 0.3 is 0 Å². The highest BCUT2D eigenvalue weighted by Gasteiger charge is 2.63. The first-order chi connectivity index (χ1) is 10.3. The molecule has 0 aromatic heterocycles. The van der Waals surface area contributed by atoms with Crippen molar-refractivity contribution in [3.8, 4) is 0 Å². The lowest BCUT2D eigenvalue weighted by molar-refractivity contribution is 0.0754. The predicted molar refractivity (Wildman–Crippen MR) is 87.4 cm³/mol. The molecule has 2 aliphatic rings. The Morgan fingerprint density at radius 1 is 0.667 bits per heavy atom. The van der Waals surface area contributed by atoms with E-state index in [9.17, 15) is 0 Å². The van der Waals surface area contributed by atoms with Crippen molar-refractivity contribution in [1.29, 1.82) is 0 Å². The smallest absolute Gasteiger partial charge is 0.0729 e. The van der Waals surface area contributed by atoms with E-state index in [2.05, 4.69) is 74.2 Å². The van der Waals surface area contributed by atoms with E-state index in [4.69, 9.17) is 0 Å². The van der Waals surface area contributed by atoms with Crippen LogP contribution in [0.4, 0.5) is 0 Å². The molecule has 0 unspecified atom stereocenters. The van der Waals surface area contributed by atoms with Crippen molar-refractivity contribution in [3.05, 3.63) is 70.8 Å². The van der Waals surface area contributed by atoms with E-state index < -0.39 is 0 Å². The van der Waals surface area contributed by atoms with Crippen LogP contribution in [0, 0.1) is 0 Å². The zero-order valence-electron chi connectivity index (χ0n) is 13.2. The number of hydrogen-bond donors (Lipinski definition) is 0. The fraction of sp³-hybridized carbons (Fsp3) is 0.400. The number of hydrogen-bond acceptors (Lipinski definition) is 1. The van der Waals surface area contributed by atoms with Gasteiger partial charge in [-0.1, -0.05) is 69.3 Å². The maximum absolute atomic E-state index is 2.76. The van der Waals surface area contributed by atoms with Crippen LogP contribution in [0.1, 0.15) is 55.9 Å². The molecule has 2 aromatic rings. The molecule has 2 bridgehead atoms. The van der Waals surface area contributed by atoms with Crippen LogP contribution >= 0.6 is 0 Å². The Balaban J connectivity index is 2.17. The summed E-state index contributed by atoms with van der Waals surface area (Å²) in [5, 5.41) is 0. The van der Waals surface area contributed by atoms with E-state index >= 15 is 0 Å². The first-order valence-corrected chi connectivity index (χ1v) is 8.25. The zero-order chi connectivity index (χ0) is 14.7. The van der Waals surface area contributed by atoms with Crippen LogP contribution in [-0.2, 0) is 11.1 Å². The fourth-order valence-corrected chi connectivity index (χ4v) is 5.29. The van der Waals surface area contributed by atoms with Crippen LogP contribution in [-0.4, -0.2) is 11.4 Å². The lowest BCUT2D eigenvalue weighted by atomic mass is 9.71. The van der Waals surface area contributed by atoms with Crippen molar-refractivity contribution < 1.29 is 0 Å². The first kappa shape index (κ1) is 13.1. The van der Waals surface area contributed by atoms with Crippen molar-refractivity contribution in [2.45, 2.75) is 44.7 Å². The molecule has 0 saturated carbocycles. The van der Waals surface area contributed by atoms with Crippen molar-refractivity contribution >= 4 is 0 Å². The Hall–Kier alpha value is -1.60.